The van der Waals surface area contributed by atoms with Crippen molar-refractivity contribution in [2.24, 2.45) is 5.92 Å². The molecule has 0 radical (unpaired) electrons. The van der Waals surface area contributed by atoms with Gasteiger partial charge in [-0.15, -0.1) is 0 Å². The van der Waals surface area contributed by atoms with Gasteiger partial charge in [-0.3, -0.25) is 9.59 Å². The molecule has 1 saturated heterocycles. The van der Waals surface area contributed by atoms with Gasteiger partial charge in [-0.05, 0) is 55.9 Å². The molecule has 2 aromatic carbocycles. The molecule has 0 aromatic heterocycles. The van der Waals surface area contributed by atoms with E-state index in [2.05, 4.69) is 10.6 Å². The van der Waals surface area contributed by atoms with E-state index in [0.717, 1.165) is 24.0 Å². The Morgan fingerprint density at radius 1 is 0.933 bits per heavy atom. The zero-order chi connectivity index (χ0) is 21.5. The maximum Gasteiger partial charge on any atom is 0.415 e. The van der Waals surface area contributed by atoms with Crippen LogP contribution in [-0.4, -0.2) is 42.4 Å². The maximum absolute atomic E-state index is 12.2. The Morgan fingerprint density at radius 3 is 2.20 bits per heavy atom. The third-order valence-electron chi connectivity index (χ3n) is 5.30. The molecule has 0 unspecified atom stereocenters. The fourth-order valence-electron chi connectivity index (χ4n) is 3.47. The van der Waals surface area contributed by atoms with Gasteiger partial charge in [0.2, 0.25) is 0 Å². The lowest BCUT2D eigenvalue weighted by Gasteiger charge is -2.31. The monoisotopic (exact) mass is 409 g/mol. The average Bonchev–Trinajstić information content (AvgIpc) is 2.75. The summed E-state index contributed by atoms with van der Waals surface area (Å²) in [6.45, 7) is 5.29. The average molecular weight is 409 g/mol. The van der Waals surface area contributed by atoms with Gasteiger partial charge < -0.3 is 20.3 Å². The Labute approximate surface area is 176 Å². The van der Waals surface area contributed by atoms with Gasteiger partial charge >= 0.3 is 17.9 Å². The first-order valence-electron chi connectivity index (χ1n) is 10.1. The molecular formula is C23H27N3O4. The summed E-state index contributed by atoms with van der Waals surface area (Å²) in [6.07, 6.45) is 1.11. The van der Waals surface area contributed by atoms with E-state index in [1.807, 2.05) is 50.2 Å². The minimum Gasteiger partial charge on any atom is -0.410 e. The third kappa shape index (κ3) is 5.59. The molecule has 1 aliphatic heterocycles. The number of ether oxygens (including phenoxy) is 1. The van der Waals surface area contributed by atoms with Gasteiger partial charge in [-0.1, -0.05) is 36.4 Å². The van der Waals surface area contributed by atoms with Crippen LogP contribution in [0.2, 0.25) is 0 Å². The molecule has 7 heteroatoms. The molecule has 0 bridgehead atoms. The number of nitrogens with zero attached hydrogens (tertiary/aromatic N) is 1. The highest BCUT2D eigenvalue weighted by Gasteiger charge is 2.25. The van der Waals surface area contributed by atoms with Crippen LogP contribution in [0.15, 0.2) is 48.5 Å². The molecule has 1 heterocycles. The summed E-state index contributed by atoms with van der Waals surface area (Å²) in [4.78, 5) is 38.3. The largest absolute Gasteiger partial charge is 0.415 e. The molecule has 0 aliphatic carbocycles. The number of carbonyl (C=O) groups is 3. The smallest absolute Gasteiger partial charge is 0.410 e. The Morgan fingerprint density at radius 2 is 1.57 bits per heavy atom. The molecule has 2 aromatic rings. The second-order valence-corrected chi connectivity index (χ2v) is 7.54. The number of rotatable bonds is 4. The number of aryl methyl sites for hydroxylation is 2. The van der Waals surface area contributed by atoms with Crippen molar-refractivity contribution in [3.05, 3.63) is 59.7 Å². The van der Waals surface area contributed by atoms with Crippen molar-refractivity contribution in [1.29, 1.82) is 0 Å². The number of piperidine rings is 1. The van der Waals surface area contributed by atoms with Crippen LogP contribution in [0.4, 0.5) is 10.5 Å². The quantitative estimate of drug-likeness (QED) is 0.759. The zero-order valence-electron chi connectivity index (χ0n) is 17.3. The Balaban J connectivity index is 1.41. The van der Waals surface area contributed by atoms with Gasteiger partial charge in [0, 0.05) is 25.3 Å². The van der Waals surface area contributed by atoms with Crippen molar-refractivity contribution >= 4 is 23.6 Å². The van der Waals surface area contributed by atoms with E-state index in [1.165, 1.54) is 0 Å². The topological polar surface area (TPSA) is 87.7 Å². The third-order valence-corrected chi connectivity index (χ3v) is 5.30. The van der Waals surface area contributed by atoms with Gasteiger partial charge in [-0.2, -0.15) is 0 Å². The van der Waals surface area contributed by atoms with E-state index in [1.54, 1.807) is 17.0 Å². The molecule has 7 nitrogen and oxygen atoms in total. The van der Waals surface area contributed by atoms with E-state index in [9.17, 15) is 14.4 Å². The summed E-state index contributed by atoms with van der Waals surface area (Å²) in [5.41, 5.74) is 2.49. The maximum atomic E-state index is 12.2. The number of anilines is 1. The Hall–Kier alpha value is -3.35. The lowest BCUT2D eigenvalue weighted by Crippen LogP contribution is -2.44. The van der Waals surface area contributed by atoms with Crippen molar-refractivity contribution in [2.75, 3.05) is 25.0 Å². The molecule has 1 aliphatic rings. The van der Waals surface area contributed by atoms with Crippen LogP contribution in [0.5, 0.6) is 5.75 Å². The summed E-state index contributed by atoms with van der Waals surface area (Å²) in [6, 6.07) is 14.6. The standard InChI is InChI=1S/C23H27N3O4/c1-16-7-6-8-17(2)20(16)25-22(28)21(27)24-15-18-11-13-26(14-12-18)23(29)30-19-9-4-3-5-10-19/h3-10,18H,11-15H2,1-2H3,(H,24,27)(H,25,28). The highest BCUT2D eigenvalue weighted by Crippen LogP contribution is 2.20. The molecule has 0 saturated carbocycles. The van der Waals surface area contributed by atoms with Crippen molar-refractivity contribution in [3.63, 3.8) is 0 Å². The van der Waals surface area contributed by atoms with Crippen LogP contribution in [0.3, 0.4) is 0 Å². The fourth-order valence-corrected chi connectivity index (χ4v) is 3.47. The predicted molar refractivity (Wildman–Crippen MR) is 114 cm³/mol. The number of benzene rings is 2. The Kier molecular flexibility index (Phi) is 7.06. The number of hydrogen-bond donors (Lipinski definition) is 2. The fraction of sp³-hybridized carbons (Fsp3) is 0.348. The van der Waals surface area contributed by atoms with Gasteiger partial charge in [0.15, 0.2) is 0 Å². The van der Waals surface area contributed by atoms with Crippen LogP contribution in [0.25, 0.3) is 0 Å². The first kappa shape index (κ1) is 21.4. The first-order valence-corrected chi connectivity index (χ1v) is 10.1. The Bertz CT molecular complexity index is 886. The van der Waals surface area contributed by atoms with E-state index in [0.29, 0.717) is 31.1 Å². The van der Waals surface area contributed by atoms with Crippen molar-refractivity contribution < 1.29 is 19.1 Å². The molecule has 3 rings (SSSR count). The van der Waals surface area contributed by atoms with Crippen molar-refractivity contribution in [1.82, 2.24) is 10.2 Å². The van der Waals surface area contributed by atoms with Crippen LogP contribution < -0.4 is 15.4 Å². The zero-order valence-corrected chi connectivity index (χ0v) is 17.3. The number of likely N-dealkylation sites (tertiary alicyclic amines) is 1. The van der Waals surface area contributed by atoms with Gasteiger partial charge in [0.25, 0.3) is 0 Å². The normalized spacial score (nSPS) is 14.1. The van der Waals surface area contributed by atoms with Crippen molar-refractivity contribution in [3.8, 4) is 5.75 Å². The molecule has 1 fully saturated rings. The number of hydrogen-bond acceptors (Lipinski definition) is 4. The van der Waals surface area contributed by atoms with E-state index in [4.69, 9.17) is 4.74 Å². The summed E-state index contributed by atoms with van der Waals surface area (Å²) >= 11 is 0. The van der Waals surface area contributed by atoms with Gasteiger partial charge in [0.05, 0.1) is 0 Å². The van der Waals surface area contributed by atoms with Crippen LogP contribution in [-0.2, 0) is 9.59 Å². The molecular weight excluding hydrogens is 382 g/mol. The minimum atomic E-state index is -0.670. The lowest BCUT2D eigenvalue weighted by atomic mass is 9.97. The number of nitrogens with one attached hydrogen (secondary N) is 2. The predicted octanol–water partition coefficient (Wildman–Crippen LogP) is 3.27. The molecule has 158 valence electrons. The minimum absolute atomic E-state index is 0.211. The number of para-hydroxylation sites is 2. The first-order chi connectivity index (χ1) is 14.4. The van der Waals surface area contributed by atoms with Gasteiger partial charge in [0.1, 0.15) is 5.75 Å². The van der Waals surface area contributed by atoms with E-state index < -0.39 is 11.8 Å². The van der Waals surface area contributed by atoms with Crippen molar-refractivity contribution in [2.45, 2.75) is 26.7 Å². The highest BCUT2D eigenvalue weighted by molar-refractivity contribution is 6.39. The van der Waals surface area contributed by atoms with E-state index in [-0.39, 0.29) is 12.0 Å². The summed E-state index contributed by atoms with van der Waals surface area (Å²) in [5.74, 6) is -0.589. The van der Waals surface area contributed by atoms with Crippen LogP contribution in [0.1, 0.15) is 24.0 Å². The van der Waals surface area contributed by atoms with Crippen LogP contribution in [0, 0.1) is 19.8 Å². The molecule has 0 spiro atoms. The molecule has 2 N–H and O–H groups in total. The molecule has 3 amide bonds. The summed E-state index contributed by atoms with van der Waals surface area (Å²) in [5, 5.41) is 5.40. The SMILES string of the molecule is Cc1cccc(C)c1NC(=O)C(=O)NCC1CCN(C(=O)Oc2ccccc2)CC1. The summed E-state index contributed by atoms with van der Waals surface area (Å²) < 4.78 is 5.36. The summed E-state index contributed by atoms with van der Waals surface area (Å²) in [7, 11) is 0. The number of amides is 3. The molecule has 30 heavy (non-hydrogen) atoms. The van der Waals surface area contributed by atoms with Gasteiger partial charge in [-0.25, -0.2) is 4.79 Å². The lowest BCUT2D eigenvalue weighted by molar-refractivity contribution is -0.136. The second-order valence-electron chi connectivity index (χ2n) is 7.54. The highest BCUT2D eigenvalue weighted by atomic mass is 16.6. The number of carbonyl (C=O) groups excluding carboxylic acids is 3. The van der Waals surface area contributed by atoms with Crippen LogP contribution >= 0.6 is 0 Å². The molecule has 0 atom stereocenters. The second kappa shape index (κ2) is 9.91. The van der Waals surface area contributed by atoms with E-state index >= 15 is 0 Å².